The molecule has 0 saturated carbocycles. The third kappa shape index (κ3) is 4.39. The Morgan fingerprint density at radius 3 is 2.30 bits per heavy atom. The van der Waals surface area contributed by atoms with Gasteiger partial charge < -0.3 is 18.9 Å². The summed E-state index contributed by atoms with van der Waals surface area (Å²) in [5.74, 6) is -0.0786. The first-order valence-electron chi connectivity index (χ1n) is 12.8. The Labute approximate surface area is 229 Å². The number of carbonyl (C=O) groups excluding carboxylic acids is 3. The normalized spacial score (nSPS) is 13.3. The van der Waals surface area contributed by atoms with Crippen LogP contribution in [0.3, 0.4) is 0 Å². The molecule has 1 aliphatic heterocycles. The van der Waals surface area contributed by atoms with Crippen molar-refractivity contribution in [1.29, 1.82) is 0 Å². The highest BCUT2D eigenvalue weighted by molar-refractivity contribution is 6.20. The number of hydrogen-bond donors (Lipinski definition) is 0. The summed E-state index contributed by atoms with van der Waals surface area (Å²) in [4.78, 5) is 42.1. The lowest BCUT2D eigenvalue weighted by atomic mass is 9.99. The van der Waals surface area contributed by atoms with Crippen LogP contribution >= 0.6 is 0 Å². The number of aryl methyl sites for hydroxylation is 1. The molecule has 1 aliphatic rings. The van der Waals surface area contributed by atoms with Crippen molar-refractivity contribution in [3.63, 3.8) is 0 Å². The van der Waals surface area contributed by atoms with E-state index in [4.69, 9.17) is 14.3 Å². The van der Waals surface area contributed by atoms with Crippen molar-refractivity contribution in [2.45, 2.75) is 20.4 Å². The Morgan fingerprint density at radius 2 is 1.57 bits per heavy atom. The number of benzene rings is 4. The van der Waals surface area contributed by atoms with E-state index in [-0.39, 0.29) is 12.4 Å². The predicted octanol–water partition coefficient (Wildman–Crippen LogP) is 5.92. The molecule has 198 valence electrons. The fraction of sp³-hybridized carbons (Fsp3) is 0.125. The molecule has 0 aliphatic carbocycles. The largest absolute Gasteiger partial charge is 0.486 e. The van der Waals surface area contributed by atoms with Gasteiger partial charge in [-0.25, -0.2) is 9.59 Å². The van der Waals surface area contributed by atoms with Crippen molar-refractivity contribution >= 4 is 45.2 Å². The minimum Gasteiger partial charge on any atom is -0.486 e. The van der Waals surface area contributed by atoms with Crippen LogP contribution in [0.1, 0.15) is 45.7 Å². The van der Waals surface area contributed by atoms with Crippen LogP contribution in [0.25, 0.3) is 21.8 Å². The Bertz CT molecular complexity index is 1840. The summed E-state index contributed by atoms with van der Waals surface area (Å²) in [5.41, 5.74) is 4.52. The zero-order valence-corrected chi connectivity index (χ0v) is 21.8. The molecule has 8 nitrogen and oxygen atoms in total. The number of aromatic nitrogens is 1. The lowest BCUT2D eigenvalue weighted by Gasteiger charge is -2.06. The number of ketones is 1. The number of oxime groups is 1. The standard InChI is InChI=1S/C32H24N2O6/c1-3-34-27-15-13-22(30(36)20-9-11-21(12-10-20)32(37)39-23-7-5-4-6-8-23)17-25(27)29-28(34)16-14-24-26(18-38-31(24)29)33-40-19(2)35/h4-17H,3,18H2,1-2H3/b33-26+. The summed E-state index contributed by atoms with van der Waals surface area (Å²) >= 11 is 0. The topological polar surface area (TPSA) is 96.2 Å². The van der Waals surface area contributed by atoms with Gasteiger partial charge in [-0.2, -0.15) is 0 Å². The molecule has 0 fully saturated rings. The second kappa shape index (κ2) is 10.1. The molecular formula is C32H24N2O6. The Morgan fingerprint density at radius 1 is 0.875 bits per heavy atom. The number of rotatable bonds is 6. The van der Waals surface area contributed by atoms with Gasteiger partial charge in [-0.1, -0.05) is 35.5 Å². The fourth-order valence-corrected chi connectivity index (χ4v) is 5.01. The number of carbonyl (C=O) groups is 3. The van der Waals surface area contributed by atoms with E-state index in [1.807, 2.05) is 36.4 Å². The van der Waals surface area contributed by atoms with E-state index >= 15 is 0 Å². The van der Waals surface area contributed by atoms with Gasteiger partial charge in [0.15, 0.2) is 5.78 Å². The minimum atomic E-state index is -0.506. The van der Waals surface area contributed by atoms with Gasteiger partial charge in [0.1, 0.15) is 23.8 Å². The van der Waals surface area contributed by atoms with Crippen LogP contribution in [0.15, 0.2) is 90.1 Å². The van der Waals surface area contributed by atoms with Gasteiger partial charge in [-0.15, -0.1) is 0 Å². The number of esters is 1. The van der Waals surface area contributed by atoms with E-state index in [0.717, 1.165) is 33.9 Å². The number of ether oxygens (including phenoxy) is 2. The molecule has 0 spiro atoms. The molecule has 0 saturated heterocycles. The Balaban J connectivity index is 1.35. The van der Waals surface area contributed by atoms with E-state index < -0.39 is 11.9 Å². The van der Waals surface area contributed by atoms with E-state index in [1.165, 1.54) is 6.92 Å². The molecule has 0 amide bonds. The van der Waals surface area contributed by atoms with Crippen LogP contribution in [0.4, 0.5) is 0 Å². The molecule has 0 unspecified atom stereocenters. The SMILES string of the molecule is CCn1c2ccc(C(=O)c3ccc(C(=O)Oc4ccccc4)cc3)cc2c2c3c(ccc21)/C(=N/OC(C)=O)CO3. The van der Waals surface area contributed by atoms with Gasteiger partial charge >= 0.3 is 11.9 Å². The molecule has 4 aromatic carbocycles. The summed E-state index contributed by atoms with van der Waals surface area (Å²) in [5, 5.41) is 5.70. The van der Waals surface area contributed by atoms with Gasteiger partial charge in [0, 0.05) is 41.1 Å². The summed E-state index contributed by atoms with van der Waals surface area (Å²) < 4.78 is 13.6. The zero-order chi connectivity index (χ0) is 27.8. The van der Waals surface area contributed by atoms with E-state index in [9.17, 15) is 14.4 Å². The average molecular weight is 533 g/mol. The summed E-state index contributed by atoms with van der Waals surface area (Å²) in [6.07, 6.45) is 0. The lowest BCUT2D eigenvalue weighted by molar-refractivity contribution is -0.140. The quantitative estimate of drug-likeness (QED) is 0.0885. The lowest BCUT2D eigenvalue weighted by Crippen LogP contribution is -2.09. The molecule has 1 aromatic heterocycles. The van der Waals surface area contributed by atoms with Gasteiger partial charge in [0.2, 0.25) is 0 Å². The summed E-state index contributed by atoms with van der Waals surface area (Å²) in [6, 6.07) is 24.8. The van der Waals surface area contributed by atoms with Crippen molar-refractivity contribution in [2.75, 3.05) is 6.61 Å². The molecule has 6 rings (SSSR count). The van der Waals surface area contributed by atoms with Crippen LogP contribution in [0.5, 0.6) is 11.5 Å². The third-order valence-electron chi connectivity index (χ3n) is 6.85. The summed E-state index contributed by atoms with van der Waals surface area (Å²) in [6.45, 7) is 4.25. The first-order valence-corrected chi connectivity index (χ1v) is 12.8. The van der Waals surface area contributed by atoms with E-state index in [1.54, 1.807) is 48.5 Å². The molecule has 0 bridgehead atoms. The average Bonchev–Trinajstić information content (AvgIpc) is 3.54. The molecule has 0 radical (unpaired) electrons. The molecule has 8 heteroatoms. The molecule has 0 atom stereocenters. The van der Waals surface area contributed by atoms with Gasteiger partial charge in [-0.05, 0) is 61.5 Å². The highest BCUT2D eigenvalue weighted by Gasteiger charge is 2.26. The maximum atomic E-state index is 13.5. The second-order valence-electron chi connectivity index (χ2n) is 9.33. The second-order valence-corrected chi connectivity index (χ2v) is 9.33. The molecule has 0 N–H and O–H groups in total. The zero-order valence-electron chi connectivity index (χ0n) is 21.8. The van der Waals surface area contributed by atoms with Crippen LogP contribution in [-0.2, 0) is 16.2 Å². The van der Waals surface area contributed by atoms with Crippen molar-refractivity contribution in [3.05, 3.63) is 107 Å². The number of nitrogens with zero attached hydrogens (tertiary/aromatic N) is 2. The van der Waals surface area contributed by atoms with Gasteiger partial charge in [0.05, 0.1) is 16.5 Å². The molecule has 40 heavy (non-hydrogen) atoms. The van der Waals surface area contributed by atoms with E-state index in [0.29, 0.717) is 33.9 Å². The fourth-order valence-electron chi connectivity index (χ4n) is 5.01. The molecule has 5 aromatic rings. The van der Waals surface area contributed by atoms with Crippen molar-refractivity contribution in [2.24, 2.45) is 5.16 Å². The van der Waals surface area contributed by atoms with Gasteiger partial charge in [0.25, 0.3) is 0 Å². The first-order chi connectivity index (χ1) is 19.4. The van der Waals surface area contributed by atoms with Crippen LogP contribution in [-0.4, -0.2) is 34.6 Å². The van der Waals surface area contributed by atoms with Crippen LogP contribution in [0.2, 0.25) is 0 Å². The van der Waals surface area contributed by atoms with Crippen LogP contribution in [0, 0.1) is 0 Å². The van der Waals surface area contributed by atoms with Crippen LogP contribution < -0.4 is 9.47 Å². The van der Waals surface area contributed by atoms with Crippen molar-refractivity contribution in [3.8, 4) is 11.5 Å². The molecule has 2 heterocycles. The van der Waals surface area contributed by atoms with Crippen molar-refractivity contribution < 1.29 is 28.7 Å². The maximum absolute atomic E-state index is 13.5. The van der Waals surface area contributed by atoms with Gasteiger partial charge in [-0.3, -0.25) is 4.79 Å². The summed E-state index contributed by atoms with van der Waals surface area (Å²) in [7, 11) is 0. The smallest absolute Gasteiger partial charge is 0.343 e. The van der Waals surface area contributed by atoms with E-state index in [2.05, 4.69) is 16.6 Å². The Hall–Kier alpha value is -5.24. The number of para-hydroxylation sites is 1. The first kappa shape index (κ1) is 25.1. The minimum absolute atomic E-state index is 0.173. The number of hydrogen-bond acceptors (Lipinski definition) is 7. The maximum Gasteiger partial charge on any atom is 0.343 e. The highest BCUT2D eigenvalue weighted by atomic mass is 16.7. The number of fused-ring (bicyclic) bond motifs is 5. The highest BCUT2D eigenvalue weighted by Crippen LogP contribution is 2.41. The molecular weight excluding hydrogens is 508 g/mol. The van der Waals surface area contributed by atoms with Crippen molar-refractivity contribution in [1.82, 2.24) is 4.57 Å². The Kier molecular flexibility index (Phi) is 6.36. The monoisotopic (exact) mass is 532 g/mol. The predicted molar refractivity (Wildman–Crippen MR) is 150 cm³/mol. The third-order valence-corrected chi connectivity index (χ3v) is 6.85.